The topological polar surface area (TPSA) is 60.2 Å². The van der Waals surface area contributed by atoms with E-state index in [9.17, 15) is 4.79 Å². The molecule has 2 heterocycles. The molecule has 1 aliphatic heterocycles. The Morgan fingerprint density at radius 1 is 1.32 bits per heavy atom. The van der Waals surface area contributed by atoms with Crippen molar-refractivity contribution >= 4 is 16.9 Å². The van der Waals surface area contributed by atoms with Crippen molar-refractivity contribution in [3.8, 4) is 0 Å². The average Bonchev–Trinajstić information content (AvgIpc) is 2.97. The molecule has 1 fully saturated rings. The number of aromatic nitrogens is 1. The molecule has 5 heteroatoms. The highest BCUT2D eigenvalue weighted by Crippen LogP contribution is 2.19. The maximum atomic E-state index is 11.3. The predicted octanol–water partition coefficient (Wildman–Crippen LogP) is 2.10. The molecule has 1 aromatic heterocycles. The summed E-state index contributed by atoms with van der Waals surface area (Å²) in [4.78, 5) is 17.2. The number of rotatable bonds is 4. The fraction of sp³-hybridized carbons (Fsp3) is 0.471. The van der Waals surface area contributed by atoms with E-state index in [1.54, 1.807) is 7.05 Å². The molecule has 0 saturated carbocycles. The van der Waals surface area contributed by atoms with E-state index in [1.165, 1.54) is 16.5 Å². The maximum absolute atomic E-state index is 11.3. The number of H-pyrrole nitrogens is 1. The van der Waals surface area contributed by atoms with Crippen molar-refractivity contribution in [2.45, 2.75) is 25.3 Å². The SMILES string of the molecule is CNC(=O)NC1CCN(CCc2c[nH]c3ccccc23)CC1. The van der Waals surface area contributed by atoms with Gasteiger partial charge in [0.25, 0.3) is 0 Å². The molecular weight excluding hydrogens is 276 g/mol. The van der Waals surface area contributed by atoms with E-state index in [2.05, 4.69) is 51.0 Å². The van der Waals surface area contributed by atoms with Crippen molar-refractivity contribution in [2.75, 3.05) is 26.7 Å². The summed E-state index contributed by atoms with van der Waals surface area (Å²) in [7, 11) is 1.66. The van der Waals surface area contributed by atoms with Gasteiger partial charge in [0.1, 0.15) is 0 Å². The van der Waals surface area contributed by atoms with Crippen molar-refractivity contribution in [2.24, 2.45) is 0 Å². The van der Waals surface area contributed by atoms with Gasteiger partial charge >= 0.3 is 6.03 Å². The Balaban J connectivity index is 1.48. The van der Waals surface area contributed by atoms with Gasteiger partial charge in [-0.3, -0.25) is 0 Å². The molecular formula is C17H24N4O. The highest BCUT2D eigenvalue weighted by molar-refractivity contribution is 5.83. The molecule has 3 rings (SSSR count). The van der Waals surface area contributed by atoms with Crippen LogP contribution in [-0.2, 0) is 6.42 Å². The second-order valence-corrected chi connectivity index (χ2v) is 5.95. The molecule has 0 atom stereocenters. The Hall–Kier alpha value is -2.01. The monoisotopic (exact) mass is 300 g/mol. The van der Waals surface area contributed by atoms with E-state index in [-0.39, 0.29) is 6.03 Å². The van der Waals surface area contributed by atoms with E-state index < -0.39 is 0 Å². The average molecular weight is 300 g/mol. The molecule has 2 aromatic rings. The van der Waals surface area contributed by atoms with E-state index in [4.69, 9.17) is 0 Å². The van der Waals surface area contributed by atoms with Crippen molar-refractivity contribution in [3.05, 3.63) is 36.0 Å². The molecule has 22 heavy (non-hydrogen) atoms. The molecule has 1 aromatic carbocycles. The minimum absolute atomic E-state index is 0.0720. The normalized spacial score (nSPS) is 16.8. The first kappa shape index (κ1) is 14.9. The smallest absolute Gasteiger partial charge is 0.314 e. The van der Waals surface area contributed by atoms with Crippen molar-refractivity contribution < 1.29 is 4.79 Å². The highest BCUT2D eigenvalue weighted by atomic mass is 16.2. The molecule has 0 radical (unpaired) electrons. The molecule has 1 aliphatic rings. The van der Waals surface area contributed by atoms with E-state index in [0.717, 1.165) is 38.9 Å². The van der Waals surface area contributed by atoms with Gasteiger partial charge < -0.3 is 20.5 Å². The molecule has 3 N–H and O–H groups in total. The third-order valence-electron chi connectivity index (χ3n) is 4.52. The van der Waals surface area contributed by atoms with Crippen LogP contribution < -0.4 is 10.6 Å². The summed E-state index contributed by atoms with van der Waals surface area (Å²) >= 11 is 0. The van der Waals surface area contributed by atoms with E-state index >= 15 is 0 Å². The lowest BCUT2D eigenvalue weighted by atomic mass is 10.0. The standard InChI is InChI=1S/C17H24N4O/c1-18-17(22)20-14-7-10-21(11-8-14)9-6-13-12-19-16-5-3-2-4-15(13)16/h2-5,12,14,19H,6-11H2,1H3,(H2,18,20,22). The van der Waals surface area contributed by atoms with Gasteiger partial charge in [0, 0.05) is 49.8 Å². The van der Waals surface area contributed by atoms with Gasteiger partial charge in [-0.15, -0.1) is 0 Å². The van der Waals surface area contributed by atoms with Crippen LogP contribution in [0.1, 0.15) is 18.4 Å². The molecule has 1 saturated heterocycles. The van der Waals surface area contributed by atoms with Gasteiger partial charge in [-0.05, 0) is 30.9 Å². The van der Waals surface area contributed by atoms with Gasteiger partial charge in [0.15, 0.2) is 0 Å². The molecule has 0 unspecified atom stereocenters. The van der Waals surface area contributed by atoms with Gasteiger partial charge in [-0.1, -0.05) is 18.2 Å². The van der Waals surface area contributed by atoms with Crippen LogP contribution in [0.2, 0.25) is 0 Å². The summed E-state index contributed by atoms with van der Waals surface area (Å²) in [5.41, 5.74) is 2.60. The number of hydrogen-bond donors (Lipinski definition) is 3. The zero-order valence-electron chi connectivity index (χ0n) is 13.1. The maximum Gasteiger partial charge on any atom is 0.314 e. The zero-order valence-corrected chi connectivity index (χ0v) is 13.1. The number of nitrogens with zero attached hydrogens (tertiary/aromatic N) is 1. The molecule has 0 spiro atoms. The van der Waals surface area contributed by atoms with E-state index in [0.29, 0.717) is 6.04 Å². The van der Waals surface area contributed by atoms with Gasteiger partial charge in [0.2, 0.25) is 0 Å². The lowest BCUT2D eigenvalue weighted by Gasteiger charge is -2.32. The molecule has 118 valence electrons. The van der Waals surface area contributed by atoms with Crippen molar-refractivity contribution in [1.82, 2.24) is 20.5 Å². The number of likely N-dealkylation sites (tertiary alicyclic amines) is 1. The number of benzene rings is 1. The third kappa shape index (κ3) is 3.42. The van der Waals surface area contributed by atoms with Crippen LogP contribution in [0, 0.1) is 0 Å². The summed E-state index contributed by atoms with van der Waals surface area (Å²) in [6.45, 7) is 3.18. The number of aromatic amines is 1. The summed E-state index contributed by atoms with van der Waals surface area (Å²) < 4.78 is 0. The van der Waals surface area contributed by atoms with Crippen molar-refractivity contribution in [1.29, 1.82) is 0 Å². The minimum atomic E-state index is -0.0720. The number of fused-ring (bicyclic) bond motifs is 1. The number of carbonyl (C=O) groups is 1. The number of para-hydroxylation sites is 1. The second kappa shape index (κ2) is 6.83. The minimum Gasteiger partial charge on any atom is -0.361 e. The number of piperidine rings is 1. The number of nitrogens with one attached hydrogen (secondary N) is 3. The van der Waals surface area contributed by atoms with Crippen LogP contribution >= 0.6 is 0 Å². The third-order valence-corrected chi connectivity index (χ3v) is 4.52. The Morgan fingerprint density at radius 3 is 2.86 bits per heavy atom. The quantitative estimate of drug-likeness (QED) is 0.810. The predicted molar refractivity (Wildman–Crippen MR) is 89.1 cm³/mol. The number of amides is 2. The lowest BCUT2D eigenvalue weighted by Crippen LogP contribution is -2.47. The Kier molecular flexibility index (Phi) is 4.63. The summed E-state index contributed by atoms with van der Waals surface area (Å²) in [5, 5.41) is 6.95. The van der Waals surface area contributed by atoms with Crippen LogP contribution in [0.25, 0.3) is 10.9 Å². The fourth-order valence-corrected chi connectivity index (χ4v) is 3.18. The lowest BCUT2D eigenvalue weighted by molar-refractivity contribution is 0.194. The van der Waals surface area contributed by atoms with Gasteiger partial charge in [-0.25, -0.2) is 4.79 Å². The first-order valence-electron chi connectivity index (χ1n) is 8.02. The molecule has 2 amide bonds. The van der Waals surface area contributed by atoms with Crippen LogP contribution in [0.5, 0.6) is 0 Å². The summed E-state index contributed by atoms with van der Waals surface area (Å²) in [5.74, 6) is 0. The van der Waals surface area contributed by atoms with E-state index in [1.807, 2.05) is 0 Å². The largest absolute Gasteiger partial charge is 0.361 e. The van der Waals surface area contributed by atoms with Crippen molar-refractivity contribution in [3.63, 3.8) is 0 Å². The summed E-state index contributed by atoms with van der Waals surface area (Å²) in [6, 6.07) is 8.69. The first-order chi connectivity index (χ1) is 10.8. The zero-order chi connectivity index (χ0) is 15.4. The Labute approximate surface area is 131 Å². The molecule has 0 bridgehead atoms. The fourth-order valence-electron chi connectivity index (χ4n) is 3.18. The molecule has 0 aliphatic carbocycles. The van der Waals surface area contributed by atoms with Gasteiger partial charge in [0.05, 0.1) is 0 Å². The number of carbonyl (C=O) groups excluding carboxylic acids is 1. The summed E-state index contributed by atoms with van der Waals surface area (Å²) in [6.07, 6.45) is 5.25. The van der Waals surface area contributed by atoms with Crippen LogP contribution in [0.4, 0.5) is 4.79 Å². The van der Waals surface area contributed by atoms with Crippen LogP contribution in [0.3, 0.4) is 0 Å². The molecule has 5 nitrogen and oxygen atoms in total. The van der Waals surface area contributed by atoms with Crippen LogP contribution in [-0.4, -0.2) is 48.6 Å². The number of hydrogen-bond acceptors (Lipinski definition) is 2. The van der Waals surface area contributed by atoms with Crippen LogP contribution in [0.15, 0.2) is 30.5 Å². The highest BCUT2D eigenvalue weighted by Gasteiger charge is 2.20. The Morgan fingerprint density at radius 2 is 2.09 bits per heavy atom. The first-order valence-corrected chi connectivity index (χ1v) is 8.02. The Bertz CT molecular complexity index is 628. The van der Waals surface area contributed by atoms with Gasteiger partial charge in [-0.2, -0.15) is 0 Å². The number of urea groups is 1. The second-order valence-electron chi connectivity index (χ2n) is 5.95.